The van der Waals surface area contributed by atoms with Gasteiger partial charge >= 0.3 is 6.01 Å². The lowest BCUT2D eigenvalue weighted by Gasteiger charge is -2.44. The van der Waals surface area contributed by atoms with Crippen LogP contribution < -0.4 is 9.64 Å². The van der Waals surface area contributed by atoms with Gasteiger partial charge in [-0.25, -0.2) is 8.78 Å². The third kappa shape index (κ3) is 5.32. The zero-order valence-corrected chi connectivity index (χ0v) is 22.8. The van der Waals surface area contributed by atoms with E-state index in [0.717, 1.165) is 6.07 Å². The molecular weight excluding hydrogens is 528 g/mol. The summed E-state index contributed by atoms with van der Waals surface area (Å²) < 4.78 is 36.7. The average molecular weight is 556 g/mol. The molecule has 0 unspecified atom stereocenters. The van der Waals surface area contributed by atoms with Crippen LogP contribution in [0.4, 0.5) is 14.6 Å². The number of hydrogen-bond acceptors (Lipinski definition) is 7. The van der Waals surface area contributed by atoms with Crippen molar-refractivity contribution in [3.05, 3.63) is 53.6 Å². The van der Waals surface area contributed by atoms with Crippen LogP contribution in [0.15, 0.2) is 36.9 Å². The molecule has 0 radical (unpaired) electrons. The van der Waals surface area contributed by atoms with Crippen LogP contribution in [0.1, 0.15) is 27.7 Å². The first-order valence-corrected chi connectivity index (χ1v) is 12.7. The van der Waals surface area contributed by atoms with Crippen LogP contribution in [0.5, 0.6) is 11.8 Å². The SMILES string of the molecule is C=CC(=O)N1C[C@H](C)N(c2nc(OCC(C)(C)C#N)nc3c(F)c(-c4c(O)cccc4F)c(Cl)cc23)C[C@H]1C. The lowest BCUT2D eigenvalue weighted by molar-refractivity contribution is -0.128. The highest BCUT2D eigenvalue weighted by Crippen LogP contribution is 2.43. The van der Waals surface area contributed by atoms with E-state index in [9.17, 15) is 19.6 Å². The van der Waals surface area contributed by atoms with Crippen LogP contribution in [0.3, 0.4) is 0 Å². The van der Waals surface area contributed by atoms with Gasteiger partial charge in [0.25, 0.3) is 0 Å². The number of anilines is 1. The summed E-state index contributed by atoms with van der Waals surface area (Å²) in [7, 11) is 0. The Bertz CT molecular complexity index is 1490. The summed E-state index contributed by atoms with van der Waals surface area (Å²) in [6, 6.07) is 6.51. The quantitative estimate of drug-likeness (QED) is 0.402. The molecule has 1 aliphatic rings. The first-order chi connectivity index (χ1) is 18.4. The molecular formula is C28H28ClF2N5O3. The van der Waals surface area contributed by atoms with Crippen molar-refractivity contribution in [2.45, 2.75) is 39.8 Å². The minimum atomic E-state index is -0.966. The number of carbonyl (C=O) groups excluding carboxylic acids is 1. The average Bonchev–Trinajstić information content (AvgIpc) is 2.89. The Balaban J connectivity index is 1.93. The van der Waals surface area contributed by atoms with Gasteiger partial charge in [0.15, 0.2) is 5.82 Å². The number of fused-ring (bicyclic) bond motifs is 1. The Morgan fingerprint density at radius 1 is 1.28 bits per heavy atom. The summed E-state index contributed by atoms with van der Waals surface area (Å²) in [5.74, 6) is -2.20. The number of carbonyl (C=O) groups is 1. The number of aromatic hydroxyl groups is 1. The fourth-order valence-corrected chi connectivity index (χ4v) is 4.84. The fraction of sp³-hybridized carbons (Fsp3) is 0.357. The number of phenolic OH excluding ortho intramolecular Hbond substituents is 1. The Kier molecular flexibility index (Phi) is 7.66. The van der Waals surface area contributed by atoms with E-state index >= 15 is 4.39 Å². The molecule has 1 saturated heterocycles. The molecule has 1 aromatic heterocycles. The van der Waals surface area contributed by atoms with Crippen molar-refractivity contribution in [1.29, 1.82) is 5.26 Å². The number of nitrogens with zero attached hydrogens (tertiary/aromatic N) is 5. The molecule has 0 spiro atoms. The molecule has 3 aromatic rings. The number of piperazine rings is 1. The highest BCUT2D eigenvalue weighted by atomic mass is 35.5. The maximum atomic E-state index is 16.2. The minimum Gasteiger partial charge on any atom is -0.507 e. The molecule has 0 saturated carbocycles. The second-order valence-electron chi connectivity index (χ2n) is 10.2. The molecule has 4 rings (SSSR count). The monoisotopic (exact) mass is 555 g/mol. The van der Waals surface area contributed by atoms with Gasteiger partial charge < -0.3 is 19.6 Å². The predicted molar refractivity (Wildman–Crippen MR) is 145 cm³/mol. The summed E-state index contributed by atoms with van der Waals surface area (Å²) in [6.07, 6.45) is 1.26. The van der Waals surface area contributed by atoms with Crippen molar-refractivity contribution in [2.75, 3.05) is 24.6 Å². The molecule has 1 fully saturated rings. The summed E-state index contributed by atoms with van der Waals surface area (Å²) in [4.78, 5) is 24.8. The van der Waals surface area contributed by atoms with Crippen molar-refractivity contribution in [3.8, 4) is 29.0 Å². The molecule has 11 heteroatoms. The van der Waals surface area contributed by atoms with Crippen LogP contribution in [0, 0.1) is 28.4 Å². The molecule has 1 N–H and O–H groups in total. The van der Waals surface area contributed by atoms with Gasteiger partial charge in [0.05, 0.1) is 22.1 Å². The maximum Gasteiger partial charge on any atom is 0.319 e. The van der Waals surface area contributed by atoms with Gasteiger partial charge in [-0.15, -0.1) is 0 Å². The Morgan fingerprint density at radius 2 is 2.00 bits per heavy atom. The topological polar surface area (TPSA) is 103 Å². The normalized spacial score (nSPS) is 17.7. The van der Waals surface area contributed by atoms with E-state index in [4.69, 9.17) is 16.3 Å². The van der Waals surface area contributed by atoms with E-state index in [0.29, 0.717) is 18.9 Å². The molecule has 2 heterocycles. The molecule has 2 aromatic carbocycles. The highest BCUT2D eigenvalue weighted by Gasteiger charge is 2.34. The molecule has 204 valence electrons. The summed E-state index contributed by atoms with van der Waals surface area (Å²) in [5, 5.41) is 19.8. The molecule has 0 aliphatic carbocycles. The van der Waals surface area contributed by atoms with Crippen LogP contribution >= 0.6 is 11.6 Å². The molecule has 1 aliphatic heterocycles. The lowest BCUT2D eigenvalue weighted by atomic mass is 9.98. The van der Waals surface area contributed by atoms with Crippen molar-refractivity contribution >= 4 is 34.2 Å². The Hall–Kier alpha value is -3.97. The summed E-state index contributed by atoms with van der Waals surface area (Å²) >= 11 is 6.50. The minimum absolute atomic E-state index is 0.0712. The van der Waals surface area contributed by atoms with E-state index in [1.807, 2.05) is 18.7 Å². The second kappa shape index (κ2) is 10.7. The smallest absolute Gasteiger partial charge is 0.319 e. The number of aromatic nitrogens is 2. The molecule has 39 heavy (non-hydrogen) atoms. The number of ether oxygens (including phenoxy) is 1. The van der Waals surface area contributed by atoms with Gasteiger partial charge in [-0.2, -0.15) is 15.2 Å². The van der Waals surface area contributed by atoms with Gasteiger partial charge in [-0.1, -0.05) is 24.2 Å². The van der Waals surface area contributed by atoms with Crippen LogP contribution in [-0.4, -0.2) is 57.7 Å². The van der Waals surface area contributed by atoms with Crippen molar-refractivity contribution in [1.82, 2.24) is 14.9 Å². The van der Waals surface area contributed by atoms with Crippen LogP contribution in [-0.2, 0) is 4.79 Å². The van der Waals surface area contributed by atoms with Crippen molar-refractivity contribution in [3.63, 3.8) is 0 Å². The zero-order valence-electron chi connectivity index (χ0n) is 22.0. The van der Waals surface area contributed by atoms with E-state index in [-0.39, 0.29) is 52.1 Å². The van der Waals surface area contributed by atoms with E-state index in [2.05, 4.69) is 22.6 Å². The van der Waals surface area contributed by atoms with Gasteiger partial charge in [-0.3, -0.25) is 4.79 Å². The fourth-order valence-electron chi connectivity index (χ4n) is 4.56. The third-order valence-electron chi connectivity index (χ3n) is 6.66. The first kappa shape index (κ1) is 28.0. The summed E-state index contributed by atoms with van der Waals surface area (Å²) in [5.41, 5.74) is -1.82. The number of halogens is 3. The van der Waals surface area contributed by atoms with Gasteiger partial charge in [0.1, 0.15) is 29.5 Å². The van der Waals surface area contributed by atoms with Gasteiger partial charge in [0.2, 0.25) is 5.91 Å². The number of hydrogen-bond donors (Lipinski definition) is 1. The predicted octanol–water partition coefficient (Wildman–Crippen LogP) is 5.47. The first-order valence-electron chi connectivity index (χ1n) is 12.3. The van der Waals surface area contributed by atoms with Crippen LogP contribution in [0.25, 0.3) is 22.0 Å². The lowest BCUT2D eigenvalue weighted by Crippen LogP contribution is -2.58. The number of benzene rings is 2. The number of phenols is 1. The van der Waals surface area contributed by atoms with E-state index < -0.39 is 28.4 Å². The highest BCUT2D eigenvalue weighted by molar-refractivity contribution is 6.34. The van der Waals surface area contributed by atoms with E-state index in [1.165, 1.54) is 24.3 Å². The molecule has 8 nitrogen and oxygen atoms in total. The largest absolute Gasteiger partial charge is 0.507 e. The number of rotatable bonds is 6. The second-order valence-corrected chi connectivity index (χ2v) is 10.6. The number of amides is 1. The van der Waals surface area contributed by atoms with Crippen molar-refractivity contribution < 1.29 is 23.4 Å². The van der Waals surface area contributed by atoms with Gasteiger partial charge in [0, 0.05) is 36.1 Å². The molecule has 1 amide bonds. The molecule has 0 bridgehead atoms. The number of nitriles is 1. The van der Waals surface area contributed by atoms with Gasteiger partial charge in [-0.05, 0) is 52.0 Å². The Morgan fingerprint density at radius 3 is 2.64 bits per heavy atom. The zero-order chi connectivity index (χ0) is 28.6. The van der Waals surface area contributed by atoms with Crippen LogP contribution in [0.2, 0.25) is 5.02 Å². The van der Waals surface area contributed by atoms with Crippen molar-refractivity contribution in [2.24, 2.45) is 5.41 Å². The standard InChI is InChI=1S/C28H28ClF2N5O3/c1-6-21(38)35-11-16(3)36(12-15(35)2)26-17-10-18(29)22(23-19(30)8-7-9-20(23)37)24(31)25(17)33-27(34-26)39-14-28(4,5)13-32/h6-10,15-16,37H,1,11-12,14H2,2-5H3/t15-,16+/m1/s1. The van der Waals surface area contributed by atoms with E-state index in [1.54, 1.807) is 18.7 Å². The molecule has 2 atom stereocenters. The summed E-state index contributed by atoms with van der Waals surface area (Å²) in [6.45, 7) is 11.3. The Labute approximate surface area is 230 Å². The maximum absolute atomic E-state index is 16.2. The third-order valence-corrected chi connectivity index (χ3v) is 6.96.